The summed E-state index contributed by atoms with van der Waals surface area (Å²) in [6.07, 6.45) is 4.39. The van der Waals surface area contributed by atoms with Crippen molar-refractivity contribution in [3.05, 3.63) is 70.1 Å². The summed E-state index contributed by atoms with van der Waals surface area (Å²) in [6, 6.07) is 13.9. The van der Waals surface area contributed by atoms with E-state index in [4.69, 9.17) is 4.74 Å². The molecule has 0 aliphatic heterocycles. The van der Waals surface area contributed by atoms with Gasteiger partial charge in [0.15, 0.2) is 0 Å². The summed E-state index contributed by atoms with van der Waals surface area (Å²) in [7, 11) is 1.60. The molecule has 0 unspecified atom stereocenters. The van der Waals surface area contributed by atoms with Crippen LogP contribution in [0, 0.1) is 11.8 Å². The van der Waals surface area contributed by atoms with Crippen molar-refractivity contribution in [3.8, 4) is 17.6 Å². The summed E-state index contributed by atoms with van der Waals surface area (Å²) in [5, 5.41) is 7.60. The quantitative estimate of drug-likeness (QED) is 0.593. The average Bonchev–Trinajstić information content (AvgIpc) is 2.62. The Labute approximate surface area is 140 Å². The first-order valence-corrected chi connectivity index (χ1v) is 7.87. The highest BCUT2D eigenvalue weighted by atomic mass is 16.5. The predicted octanol–water partition coefficient (Wildman–Crippen LogP) is 3.31. The van der Waals surface area contributed by atoms with Gasteiger partial charge in [0, 0.05) is 11.8 Å². The molecule has 0 spiro atoms. The zero-order valence-electron chi connectivity index (χ0n) is 13.5. The van der Waals surface area contributed by atoms with Gasteiger partial charge in [-0.2, -0.15) is 5.10 Å². The molecular formula is C20H18N2O2. The van der Waals surface area contributed by atoms with Gasteiger partial charge >= 0.3 is 0 Å². The molecule has 0 bridgehead atoms. The maximum atomic E-state index is 11.9. The van der Waals surface area contributed by atoms with Crippen LogP contribution in [-0.2, 0) is 6.42 Å². The van der Waals surface area contributed by atoms with Crippen molar-refractivity contribution in [2.24, 2.45) is 0 Å². The summed E-state index contributed by atoms with van der Waals surface area (Å²) >= 11 is 0. The molecule has 0 saturated heterocycles. The number of aromatic nitrogens is 2. The molecule has 3 aromatic rings. The Kier molecular flexibility index (Phi) is 4.93. The highest BCUT2D eigenvalue weighted by molar-refractivity contribution is 5.89. The Balaban J connectivity index is 1.80. The van der Waals surface area contributed by atoms with E-state index >= 15 is 0 Å². The molecule has 4 nitrogen and oxygen atoms in total. The third-order valence-electron chi connectivity index (χ3n) is 3.86. The number of nitrogens with zero attached hydrogens (tertiary/aromatic N) is 1. The van der Waals surface area contributed by atoms with Crippen molar-refractivity contribution >= 4 is 10.8 Å². The lowest BCUT2D eigenvalue weighted by atomic mass is 10.1. The van der Waals surface area contributed by atoms with Crippen LogP contribution in [0.4, 0.5) is 0 Å². The van der Waals surface area contributed by atoms with Crippen molar-refractivity contribution in [3.63, 3.8) is 0 Å². The van der Waals surface area contributed by atoms with E-state index < -0.39 is 0 Å². The molecule has 0 aliphatic rings. The number of benzene rings is 2. The molecule has 4 heteroatoms. The van der Waals surface area contributed by atoms with Gasteiger partial charge in [0.2, 0.25) is 0 Å². The highest BCUT2D eigenvalue weighted by Gasteiger charge is 2.08. The molecular weight excluding hydrogens is 300 g/mol. The second kappa shape index (κ2) is 7.47. The van der Waals surface area contributed by atoms with E-state index in [-0.39, 0.29) is 5.56 Å². The first-order chi connectivity index (χ1) is 11.8. The number of unbranched alkanes of at least 4 members (excludes halogenated alkanes) is 1. The Morgan fingerprint density at radius 3 is 2.75 bits per heavy atom. The summed E-state index contributed by atoms with van der Waals surface area (Å²) in [5.41, 5.74) is 1.81. The Hall–Kier alpha value is -3.06. The number of ether oxygens (including phenoxy) is 1. The van der Waals surface area contributed by atoms with Crippen LogP contribution in [0.15, 0.2) is 53.5 Å². The minimum absolute atomic E-state index is 0.220. The summed E-state index contributed by atoms with van der Waals surface area (Å²) in [6.45, 7) is 0. The van der Waals surface area contributed by atoms with Gasteiger partial charge in [-0.25, -0.2) is 5.10 Å². The fourth-order valence-electron chi connectivity index (χ4n) is 2.62. The van der Waals surface area contributed by atoms with Crippen LogP contribution in [0.25, 0.3) is 10.8 Å². The lowest BCUT2D eigenvalue weighted by Crippen LogP contribution is -2.08. The van der Waals surface area contributed by atoms with Crippen LogP contribution < -0.4 is 10.3 Å². The number of H-pyrrole nitrogens is 1. The first kappa shape index (κ1) is 15.8. The normalized spacial score (nSPS) is 10.2. The third-order valence-corrected chi connectivity index (χ3v) is 3.86. The SMILES string of the molecule is COc1ccc2c(=O)[nH]ncc2c1C#CCCCc1ccccc1. The molecule has 3 rings (SSSR count). The van der Waals surface area contributed by atoms with Crippen LogP contribution >= 0.6 is 0 Å². The molecule has 0 fully saturated rings. The van der Waals surface area contributed by atoms with Gasteiger partial charge in [0.1, 0.15) is 5.75 Å². The molecule has 24 heavy (non-hydrogen) atoms. The van der Waals surface area contributed by atoms with E-state index in [2.05, 4.69) is 34.2 Å². The number of hydrogen-bond donors (Lipinski definition) is 1. The van der Waals surface area contributed by atoms with Gasteiger partial charge in [-0.1, -0.05) is 42.2 Å². The van der Waals surface area contributed by atoms with Crippen molar-refractivity contribution < 1.29 is 4.74 Å². The van der Waals surface area contributed by atoms with E-state index in [1.54, 1.807) is 25.4 Å². The Morgan fingerprint density at radius 2 is 1.96 bits per heavy atom. The number of aromatic amines is 1. The minimum atomic E-state index is -0.220. The van der Waals surface area contributed by atoms with Crippen molar-refractivity contribution in [2.45, 2.75) is 19.3 Å². The Bertz CT molecular complexity index is 950. The van der Waals surface area contributed by atoms with Gasteiger partial charge in [-0.05, 0) is 30.5 Å². The third kappa shape index (κ3) is 3.47. The van der Waals surface area contributed by atoms with Crippen LogP contribution in [0.3, 0.4) is 0 Å². The first-order valence-electron chi connectivity index (χ1n) is 7.87. The van der Waals surface area contributed by atoms with Crippen LogP contribution in [0.2, 0.25) is 0 Å². The molecule has 1 N–H and O–H groups in total. The predicted molar refractivity (Wildman–Crippen MR) is 95.2 cm³/mol. The van der Waals surface area contributed by atoms with Gasteiger partial charge in [0.05, 0.1) is 24.3 Å². The fourth-order valence-corrected chi connectivity index (χ4v) is 2.62. The molecule has 0 saturated carbocycles. The molecule has 0 amide bonds. The van der Waals surface area contributed by atoms with Crippen LogP contribution in [-0.4, -0.2) is 17.3 Å². The van der Waals surface area contributed by atoms with Crippen LogP contribution in [0.5, 0.6) is 5.75 Å². The highest BCUT2D eigenvalue weighted by Crippen LogP contribution is 2.24. The second-order valence-corrected chi connectivity index (χ2v) is 5.44. The second-order valence-electron chi connectivity index (χ2n) is 5.44. The number of fused-ring (bicyclic) bond motifs is 1. The topological polar surface area (TPSA) is 55.0 Å². The number of methoxy groups -OCH3 is 1. The van der Waals surface area contributed by atoms with E-state index in [0.717, 1.165) is 19.3 Å². The van der Waals surface area contributed by atoms with Crippen molar-refractivity contribution in [1.82, 2.24) is 10.2 Å². The van der Waals surface area contributed by atoms with Gasteiger partial charge in [-0.3, -0.25) is 4.79 Å². The minimum Gasteiger partial charge on any atom is -0.495 e. The molecule has 0 aliphatic carbocycles. The molecule has 0 radical (unpaired) electrons. The van der Waals surface area contributed by atoms with Crippen molar-refractivity contribution in [2.75, 3.05) is 7.11 Å². The zero-order valence-corrected chi connectivity index (χ0v) is 13.5. The van der Waals surface area contributed by atoms with Gasteiger partial charge in [-0.15, -0.1) is 0 Å². The number of hydrogen-bond acceptors (Lipinski definition) is 3. The molecule has 0 atom stereocenters. The average molecular weight is 318 g/mol. The molecule has 2 aromatic carbocycles. The monoisotopic (exact) mass is 318 g/mol. The standard InChI is InChI=1S/C20H18N2O2/c1-24-19-13-12-17-18(14-21-22-20(17)23)16(19)11-7-3-6-10-15-8-4-2-5-9-15/h2,4-5,8-9,12-14H,3,6,10H2,1H3,(H,22,23). The maximum Gasteiger partial charge on any atom is 0.272 e. The molecule has 120 valence electrons. The van der Waals surface area contributed by atoms with Gasteiger partial charge < -0.3 is 4.74 Å². The van der Waals surface area contributed by atoms with E-state index in [9.17, 15) is 4.79 Å². The zero-order chi connectivity index (χ0) is 16.8. The maximum absolute atomic E-state index is 11.9. The number of rotatable bonds is 4. The fraction of sp³-hybridized carbons (Fsp3) is 0.200. The smallest absolute Gasteiger partial charge is 0.272 e. The van der Waals surface area contributed by atoms with Gasteiger partial charge in [0.25, 0.3) is 5.56 Å². The lowest BCUT2D eigenvalue weighted by Gasteiger charge is -2.06. The summed E-state index contributed by atoms with van der Waals surface area (Å²) in [5.74, 6) is 7.00. The molecule has 1 aromatic heterocycles. The lowest BCUT2D eigenvalue weighted by molar-refractivity contribution is 0.414. The molecule has 1 heterocycles. The summed E-state index contributed by atoms with van der Waals surface area (Å²) in [4.78, 5) is 11.9. The number of nitrogens with one attached hydrogen (secondary N) is 1. The summed E-state index contributed by atoms with van der Waals surface area (Å²) < 4.78 is 5.38. The largest absolute Gasteiger partial charge is 0.495 e. The van der Waals surface area contributed by atoms with E-state index in [1.165, 1.54) is 5.56 Å². The Morgan fingerprint density at radius 1 is 1.12 bits per heavy atom. The van der Waals surface area contributed by atoms with Crippen molar-refractivity contribution in [1.29, 1.82) is 0 Å². The van der Waals surface area contributed by atoms with E-state index in [1.807, 2.05) is 18.2 Å². The van der Waals surface area contributed by atoms with E-state index in [0.29, 0.717) is 22.1 Å². The number of aryl methyl sites for hydroxylation is 1. The van der Waals surface area contributed by atoms with Crippen LogP contribution in [0.1, 0.15) is 24.0 Å².